The molecule has 0 saturated carbocycles. The molecule has 0 bridgehead atoms. The lowest BCUT2D eigenvalue weighted by molar-refractivity contribution is 0.122. The van der Waals surface area contributed by atoms with E-state index in [1.807, 2.05) is 30.3 Å². The second-order valence-corrected chi connectivity index (χ2v) is 3.83. The molecule has 1 aromatic carbocycles. The minimum absolute atomic E-state index is 0.840. The monoisotopic (exact) mass is 225 g/mol. The largest absolute Gasteiger partial charge is 0.358 e. The van der Waals surface area contributed by atoms with Gasteiger partial charge < -0.3 is 10.4 Å². The number of alkyl halides is 1. The molecule has 0 fully saturated rings. The van der Waals surface area contributed by atoms with E-state index in [1.54, 1.807) is 6.20 Å². The fourth-order valence-electron chi connectivity index (χ4n) is 1.26. The van der Waals surface area contributed by atoms with Gasteiger partial charge in [-0.25, -0.2) is 0 Å². The van der Waals surface area contributed by atoms with E-state index in [0.29, 0.717) is 0 Å². The number of aliphatic hydroxyl groups is 1. The SMILES string of the molecule is OC1(Br)NC=Cc2ccccc21. The van der Waals surface area contributed by atoms with Crippen molar-refractivity contribution in [2.45, 2.75) is 4.63 Å². The Kier molecular flexibility index (Phi) is 1.70. The van der Waals surface area contributed by atoms with E-state index in [-0.39, 0.29) is 0 Å². The molecule has 1 unspecified atom stereocenters. The van der Waals surface area contributed by atoms with Crippen molar-refractivity contribution in [1.82, 2.24) is 5.32 Å². The zero-order valence-corrected chi connectivity index (χ0v) is 7.88. The van der Waals surface area contributed by atoms with Gasteiger partial charge in [-0.2, -0.15) is 0 Å². The van der Waals surface area contributed by atoms with E-state index in [4.69, 9.17) is 0 Å². The van der Waals surface area contributed by atoms with Crippen LogP contribution in [0.3, 0.4) is 0 Å². The molecule has 2 rings (SSSR count). The van der Waals surface area contributed by atoms with Gasteiger partial charge in [0.1, 0.15) is 0 Å². The van der Waals surface area contributed by atoms with E-state index in [9.17, 15) is 5.11 Å². The molecule has 2 N–H and O–H groups in total. The highest BCUT2D eigenvalue weighted by atomic mass is 79.9. The van der Waals surface area contributed by atoms with Crippen LogP contribution in [0.5, 0.6) is 0 Å². The summed E-state index contributed by atoms with van der Waals surface area (Å²) in [7, 11) is 0. The molecule has 1 atom stereocenters. The van der Waals surface area contributed by atoms with Crippen molar-refractivity contribution >= 4 is 22.0 Å². The zero-order valence-electron chi connectivity index (χ0n) is 6.29. The molecule has 0 aromatic heterocycles. The Labute approximate surface area is 79.0 Å². The van der Waals surface area contributed by atoms with Crippen LogP contribution in [0, 0.1) is 0 Å². The number of fused-ring (bicyclic) bond motifs is 1. The number of nitrogens with one attached hydrogen (secondary N) is 1. The van der Waals surface area contributed by atoms with Gasteiger partial charge >= 0.3 is 0 Å². The van der Waals surface area contributed by atoms with Gasteiger partial charge in [0.2, 0.25) is 4.63 Å². The fraction of sp³-hybridized carbons (Fsp3) is 0.111. The summed E-state index contributed by atoms with van der Waals surface area (Å²) >= 11 is 3.18. The molecular weight excluding hydrogens is 218 g/mol. The van der Waals surface area contributed by atoms with E-state index in [0.717, 1.165) is 11.1 Å². The van der Waals surface area contributed by atoms with Crippen molar-refractivity contribution in [2.75, 3.05) is 0 Å². The molecule has 1 aromatic rings. The molecule has 0 radical (unpaired) electrons. The summed E-state index contributed by atoms with van der Waals surface area (Å²) in [5.41, 5.74) is 1.86. The van der Waals surface area contributed by atoms with E-state index in [1.165, 1.54) is 0 Å². The minimum Gasteiger partial charge on any atom is -0.358 e. The molecular formula is C9H8BrNO. The summed E-state index contributed by atoms with van der Waals surface area (Å²) in [4.78, 5) is 0. The molecule has 3 heteroatoms. The number of rotatable bonds is 0. The smallest absolute Gasteiger partial charge is 0.220 e. The third-order valence-electron chi connectivity index (χ3n) is 1.86. The molecule has 62 valence electrons. The van der Waals surface area contributed by atoms with Gasteiger partial charge in [-0.1, -0.05) is 24.3 Å². The Morgan fingerprint density at radius 3 is 2.83 bits per heavy atom. The molecule has 1 aliphatic heterocycles. The first-order valence-electron chi connectivity index (χ1n) is 3.65. The van der Waals surface area contributed by atoms with Crippen LogP contribution in [0.15, 0.2) is 30.5 Å². The van der Waals surface area contributed by atoms with Crippen molar-refractivity contribution in [3.63, 3.8) is 0 Å². The van der Waals surface area contributed by atoms with Crippen molar-refractivity contribution < 1.29 is 5.11 Å². The standard InChI is InChI=1S/C9H8BrNO/c10-9(12)8-4-2-1-3-7(8)5-6-11-9/h1-6,11-12H. The van der Waals surface area contributed by atoms with E-state index < -0.39 is 4.63 Å². The molecule has 0 aliphatic carbocycles. The molecule has 2 nitrogen and oxygen atoms in total. The maximum atomic E-state index is 9.78. The Balaban J connectivity index is 2.60. The van der Waals surface area contributed by atoms with Gasteiger partial charge in [-0.3, -0.25) is 0 Å². The van der Waals surface area contributed by atoms with Crippen LogP contribution in [-0.4, -0.2) is 5.11 Å². The molecule has 1 aliphatic rings. The summed E-state index contributed by atoms with van der Waals surface area (Å²) in [5, 5.41) is 12.6. The second-order valence-electron chi connectivity index (χ2n) is 2.69. The zero-order chi connectivity index (χ0) is 8.60. The number of hydrogen-bond acceptors (Lipinski definition) is 2. The van der Waals surface area contributed by atoms with Crippen molar-refractivity contribution in [3.8, 4) is 0 Å². The summed E-state index contributed by atoms with van der Waals surface area (Å²) in [6.07, 6.45) is 3.64. The van der Waals surface area contributed by atoms with Crippen LogP contribution in [0.4, 0.5) is 0 Å². The van der Waals surface area contributed by atoms with Crippen LogP contribution < -0.4 is 5.32 Å². The topological polar surface area (TPSA) is 32.3 Å². The van der Waals surface area contributed by atoms with Gasteiger partial charge in [0.05, 0.1) is 0 Å². The third-order valence-corrected chi connectivity index (χ3v) is 2.51. The lowest BCUT2D eigenvalue weighted by Crippen LogP contribution is -2.34. The lowest BCUT2D eigenvalue weighted by atomic mass is 10.0. The highest BCUT2D eigenvalue weighted by molar-refractivity contribution is 9.09. The maximum absolute atomic E-state index is 9.78. The van der Waals surface area contributed by atoms with Gasteiger partial charge in [-0.15, -0.1) is 0 Å². The molecule has 12 heavy (non-hydrogen) atoms. The highest BCUT2D eigenvalue weighted by Gasteiger charge is 2.27. The van der Waals surface area contributed by atoms with Crippen LogP contribution >= 0.6 is 15.9 Å². The van der Waals surface area contributed by atoms with Gasteiger partial charge in [-0.05, 0) is 27.6 Å². The van der Waals surface area contributed by atoms with Crippen LogP contribution in [0.1, 0.15) is 11.1 Å². The van der Waals surface area contributed by atoms with Crippen LogP contribution in [-0.2, 0) is 4.63 Å². The van der Waals surface area contributed by atoms with Crippen molar-refractivity contribution in [1.29, 1.82) is 0 Å². The van der Waals surface area contributed by atoms with E-state index >= 15 is 0 Å². The number of hydrogen-bond donors (Lipinski definition) is 2. The number of halogens is 1. The first kappa shape index (κ1) is 7.83. The summed E-state index contributed by atoms with van der Waals surface area (Å²) < 4.78 is -1.11. The van der Waals surface area contributed by atoms with E-state index in [2.05, 4.69) is 21.2 Å². The number of benzene rings is 1. The average molecular weight is 226 g/mol. The third kappa shape index (κ3) is 1.15. The van der Waals surface area contributed by atoms with Gasteiger partial charge in [0, 0.05) is 11.8 Å². The highest BCUT2D eigenvalue weighted by Crippen LogP contribution is 2.31. The second kappa shape index (κ2) is 2.61. The summed E-state index contributed by atoms with van der Waals surface area (Å²) in [5.74, 6) is 0. The Hall–Kier alpha value is -0.800. The maximum Gasteiger partial charge on any atom is 0.220 e. The molecule has 0 amide bonds. The first-order valence-corrected chi connectivity index (χ1v) is 4.44. The van der Waals surface area contributed by atoms with Crippen LogP contribution in [0.25, 0.3) is 6.08 Å². The van der Waals surface area contributed by atoms with Gasteiger partial charge in [0.25, 0.3) is 0 Å². The first-order chi connectivity index (χ1) is 5.70. The minimum atomic E-state index is -1.11. The van der Waals surface area contributed by atoms with Crippen LogP contribution in [0.2, 0.25) is 0 Å². The summed E-state index contributed by atoms with van der Waals surface area (Å²) in [6.45, 7) is 0. The van der Waals surface area contributed by atoms with Crippen molar-refractivity contribution in [2.24, 2.45) is 0 Å². The normalized spacial score (nSPS) is 26.2. The van der Waals surface area contributed by atoms with Crippen molar-refractivity contribution in [3.05, 3.63) is 41.6 Å². The Morgan fingerprint density at radius 1 is 1.33 bits per heavy atom. The Morgan fingerprint density at radius 2 is 2.08 bits per heavy atom. The quantitative estimate of drug-likeness (QED) is 0.521. The summed E-state index contributed by atoms with van der Waals surface area (Å²) in [6, 6.07) is 7.67. The fourth-order valence-corrected chi connectivity index (χ4v) is 1.76. The predicted molar refractivity (Wildman–Crippen MR) is 51.4 cm³/mol. The lowest BCUT2D eigenvalue weighted by Gasteiger charge is -2.26. The Bertz CT molecular complexity index is 333. The predicted octanol–water partition coefficient (Wildman–Crippen LogP) is 1.76. The molecule has 1 heterocycles. The molecule has 0 spiro atoms. The average Bonchev–Trinajstić information content (AvgIpc) is 2.04. The molecule has 0 saturated heterocycles. The van der Waals surface area contributed by atoms with Gasteiger partial charge in [0.15, 0.2) is 0 Å².